The summed E-state index contributed by atoms with van der Waals surface area (Å²) in [5.74, 6) is -0.440. The molecule has 0 heterocycles. The molecule has 3 aromatic rings. The second-order valence-electron chi connectivity index (χ2n) is 5.38. The zero-order chi connectivity index (χ0) is 16.1. The number of allylic oxidation sites excluding steroid dienone is 2. The van der Waals surface area contributed by atoms with E-state index in [1.165, 1.54) is 7.11 Å². The Hall–Kier alpha value is -2.46. The average molecular weight is 367 g/mol. The summed E-state index contributed by atoms with van der Waals surface area (Å²) in [4.78, 5) is 25.3. The molecule has 0 saturated carbocycles. The molecule has 3 aromatic carbocycles. The molecule has 112 valence electrons. The number of fused-ring (bicyclic) bond motifs is 5. The number of rotatable bonds is 1. The maximum atomic E-state index is 12.8. The molecule has 0 bridgehead atoms. The van der Waals surface area contributed by atoms with Crippen molar-refractivity contribution in [3.05, 3.63) is 69.9 Å². The molecule has 1 aliphatic rings. The number of ether oxygens (including phenoxy) is 1. The van der Waals surface area contributed by atoms with Crippen LogP contribution >= 0.6 is 15.9 Å². The fourth-order valence-corrected chi connectivity index (χ4v) is 3.69. The largest absolute Gasteiger partial charge is 0.491 e. The molecule has 0 aliphatic heterocycles. The van der Waals surface area contributed by atoms with Crippen molar-refractivity contribution in [1.29, 1.82) is 0 Å². The number of methoxy groups -OCH3 is 1. The summed E-state index contributed by atoms with van der Waals surface area (Å²) >= 11 is 3.18. The molecule has 0 saturated heterocycles. The normalized spacial score (nSPS) is 14.5. The van der Waals surface area contributed by atoms with E-state index in [0.717, 1.165) is 21.5 Å². The summed E-state index contributed by atoms with van der Waals surface area (Å²) in [6.45, 7) is 0. The number of halogens is 1. The van der Waals surface area contributed by atoms with Crippen molar-refractivity contribution in [2.45, 2.75) is 0 Å². The van der Waals surface area contributed by atoms with E-state index in [0.29, 0.717) is 11.1 Å². The molecule has 0 spiro atoms. The number of carbonyl (C=O) groups excluding carboxylic acids is 2. The number of carbonyl (C=O) groups is 2. The van der Waals surface area contributed by atoms with Crippen LogP contribution < -0.4 is 0 Å². The van der Waals surface area contributed by atoms with Gasteiger partial charge in [-0.1, -0.05) is 42.5 Å². The fraction of sp³-hybridized carbons (Fsp3) is 0.0526. The summed E-state index contributed by atoms with van der Waals surface area (Å²) in [6.07, 6.45) is 0. The van der Waals surface area contributed by atoms with Crippen LogP contribution in [0.5, 0.6) is 0 Å². The van der Waals surface area contributed by atoms with Gasteiger partial charge >= 0.3 is 0 Å². The summed E-state index contributed by atoms with van der Waals surface area (Å²) in [5.41, 5.74) is 0.823. The lowest BCUT2D eigenvalue weighted by atomic mass is 9.87. The van der Waals surface area contributed by atoms with Gasteiger partial charge in [-0.2, -0.15) is 0 Å². The molecule has 0 fully saturated rings. The highest BCUT2D eigenvalue weighted by atomic mass is 79.9. The number of Topliss-reactive ketones (excluding diaryl/α,β-unsaturated/α-hetero) is 2. The van der Waals surface area contributed by atoms with Gasteiger partial charge in [0.25, 0.3) is 0 Å². The molecule has 0 unspecified atom stereocenters. The van der Waals surface area contributed by atoms with E-state index in [2.05, 4.69) is 15.9 Å². The molecule has 0 radical (unpaired) electrons. The number of hydrogen-bond donors (Lipinski definition) is 0. The Labute approximate surface area is 140 Å². The second kappa shape index (κ2) is 5.03. The third-order valence-corrected chi connectivity index (χ3v) is 4.93. The smallest absolute Gasteiger partial charge is 0.230 e. The van der Waals surface area contributed by atoms with Crippen molar-refractivity contribution in [2.24, 2.45) is 0 Å². The van der Waals surface area contributed by atoms with Crippen LogP contribution in [-0.4, -0.2) is 18.7 Å². The van der Waals surface area contributed by atoms with Gasteiger partial charge in [0.1, 0.15) is 4.48 Å². The Morgan fingerprint density at radius 2 is 1.57 bits per heavy atom. The van der Waals surface area contributed by atoms with Gasteiger partial charge in [0.05, 0.1) is 7.11 Å². The number of hydrogen-bond acceptors (Lipinski definition) is 3. The Bertz CT molecular complexity index is 1050. The lowest BCUT2D eigenvalue weighted by Crippen LogP contribution is -2.21. The number of benzene rings is 3. The van der Waals surface area contributed by atoms with E-state index in [9.17, 15) is 9.59 Å². The standard InChI is InChI=1S/C19H11BrO3/c1-23-19-16(20)17(21)14-9-8-12-11-5-3-2-4-10(11)6-7-13(12)15(14)18(19)22/h2-9H,1H3. The first-order valence-corrected chi connectivity index (χ1v) is 7.90. The van der Waals surface area contributed by atoms with Gasteiger partial charge in [-0.25, -0.2) is 0 Å². The van der Waals surface area contributed by atoms with E-state index in [1.54, 1.807) is 6.07 Å². The van der Waals surface area contributed by atoms with Crippen LogP contribution in [-0.2, 0) is 4.74 Å². The van der Waals surface area contributed by atoms with E-state index >= 15 is 0 Å². The highest BCUT2D eigenvalue weighted by Crippen LogP contribution is 2.36. The minimum absolute atomic E-state index is 0.0585. The molecular formula is C19H11BrO3. The Morgan fingerprint density at radius 3 is 2.35 bits per heavy atom. The molecule has 0 N–H and O–H groups in total. The number of ketones is 2. The van der Waals surface area contributed by atoms with Crippen molar-refractivity contribution in [3.63, 3.8) is 0 Å². The molecule has 23 heavy (non-hydrogen) atoms. The topological polar surface area (TPSA) is 43.4 Å². The Morgan fingerprint density at radius 1 is 0.826 bits per heavy atom. The first kappa shape index (κ1) is 14.2. The van der Waals surface area contributed by atoms with Crippen LogP contribution in [0.25, 0.3) is 21.5 Å². The van der Waals surface area contributed by atoms with E-state index in [-0.39, 0.29) is 21.8 Å². The maximum Gasteiger partial charge on any atom is 0.230 e. The van der Waals surface area contributed by atoms with Crippen molar-refractivity contribution < 1.29 is 14.3 Å². The first-order valence-electron chi connectivity index (χ1n) is 7.11. The van der Waals surface area contributed by atoms with E-state index in [4.69, 9.17) is 4.74 Å². The van der Waals surface area contributed by atoms with Crippen molar-refractivity contribution in [3.8, 4) is 0 Å². The van der Waals surface area contributed by atoms with Crippen LogP contribution in [0.3, 0.4) is 0 Å². The third-order valence-electron chi connectivity index (χ3n) is 4.21. The summed E-state index contributed by atoms with van der Waals surface area (Å²) < 4.78 is 5.32. The lowest BCUT2D eigenvalue weighted by Gasteiger charge is -2.19. The predicted molar refractivity (Wildman–Crippen MR) is 93.1 cm³/mol. The fourth-order valence-electron chi connectivity index (χ4n) is 3.14. The Balaban J connectivity index is 2.14. The molecule has 4 rings (SSSR count). The molecule has 1 aliphatic carbocycles. The van der Waals surface area contributed by atoms with Gasteiger partial charge in [0.2, 0.25) is 11.6 Å². The van der Waals surface area contributed by atoms with E-state index in [1.807, 2.05) is 42.5 Å². The van der Waals surface area contributed by atoms with Gasteiger partial charge < -0.3 is 4.74 Å². The van der Waals surface area contributed by atoms with Gasteiger partial charge in [0, 0.05) is 11.1 Å². The van der Waals surface area contributed by atoms with Crippen LogP contribution in [0.1, 0.15) is 20.7 Å². The predicted octanol–water partition coefficient (Wildman–Crippen LogP) is 4.62. The van der Waals surface area contributed by atoms with Crippen molar-refractivity contribution in [1.82, 2.24) is 0 Å². The van der Waals surface area contributed by atoms with Crippen molar-refractivity contribution >= 4 is 49.0 Å². The molecule has 0 amide bonds. The molecule has 4 heteroatoms. The van der Waals surface area contributed by atoms with Gasteiger partial charge in [-0.3, -0.25) is 9.59 Å². The summed E-state index contributed by atoms with van der Waals surface area (Å²) in [5, 5.41) is 3.88. The maximum absolute atomic E-state index is 12.8. The quantitative estimate of drug-likeness (QED) is 0.590. The van der Waals surface area contributed by atoms with Crippen LogP contribution in [0.15, 0.2) is 58.8 Å². The minimum Gasteiger partial charge on any atom is -0.491 e. The van der Waals surface area contributed by atoms with Gasteiger partial charge in [-0.05, 0) is 43.5 Å². The highest BCUT2D eigenvalue weighted by molar-refractivity contribution is 9.12. The van der Waals surface area contributed by atoms with Gasteiger partial charge in [0.15, 0.2) is 5.76 Å². The van der Waals surface area contributed by atoms with Crippen LogP contribution in [0, 0.1) is 0 Å². The zero-order valence-corrected chi connectivity index (χ0v) is 13.8. The molecule has 0 atom stereocenters. The van der Waals surface area contributed by atoms with Crippen molar-refractivity contribution in [2.75, 3.05) is 7.11 Å². The second-order valence-corrected chi connectivity index (χ2v) is 6.17. The third kappa shape index (κ3) is 1.88. The lowest BCUT2D eigenvalue weighted by molar-refractivity contribution is 0.0916. The molecular weight excluding hydrogens is 356 g/mol. The van der Waals surface area contributed by atoms with Crippen LogP contribution in [0.4, 0.5) is 0 Å². The SMILES string of the molecule is COC1=C(Br)C(=O)c2ccc3c(ccc4ccccc43)c2C1=O. The monoisotopic (exact) mass is 366 g/mol. The first-order chi connectivity index (χ1) is 11.1. The molecule has 3 nitrogen and oxygen atoms in total. The zero-order valence-electron chi connectivity index (χ0n) is 12.2. The summed E-state index contributed by atoms with van der Waals surface area (Å²) in [7, 11) is 1.40. The molecule has 0 aromatic heterocycles. The highest BCUT2D eigenvalue weighted by Gasteiger charge is 2.33. The summed E-state index contributed by atoms with van der Waals surface area (Å²) in [6, 6.07) is 15.5. The minimum atomic E-state index is -0.269. The van der Waals surface area contributed by atoms with Crippen LogP contribution in [0.2, 0.25) is 0 Å². The van der Waals surface area contributed by atoms with Gasteiger partial charge in [-0.15, -0.1) is 0 Å². The van der Waals surface area contributed by atoms with E-state index < -0.39 is 0 Å². The average Bonchev–Trinajstić information content (AvgIpc) is 2.59. The Kier molecular flexibility index (Phi) is 3.10.